The molecule has 0 bridgehead atoms. The van der Waals surface area contributed by atoms with Crippen LogP contribution in [0, 0.1) is 0 Å². The molecule has 1 amide bonds. The molecular weight excluding hydrogens is 226 g/mol. The van der Waals surface area contributed by atoms with Crippen LogP contribution in [0.15, 0.2) is 24.8 Å². The first-order valence-electron chi connectivity index (χ1n) is 6.23. The maximum atomic E-state index is 12.1. The molecular formula is C15H21NO2. The van der Waals surface area contributed by atoms with Crippen molar-refractivity contribution in [2.45, 2.75) is 20.3 Å². The van der Waals surface area contributed by atoms with Crippen molar-refractivity contribution in [3.63, 3.8) is 0 Å². The smallest absolute Gasteiger partial charge is 0.227 e. The number of benzene rings is 1. The van der Waals surface area contributed by atoms with Crippen molar-refractivity contribution < 1.29 is 9.53 Å². The molecule has 0 aliphatic carbocycles. The normalized spacial score (nSPS) is 9.94. The first kappa shape index (κ1) is 14.3. The van der Waals surface area contributed by atoms with Crippen LogP contribution in [0.4, 0.5) is 0 Å². The zero-order chi connectivity index (χ0) is 13.5. The Bertz CT molecular complexity index is 423. The van der Waals surface area contributed by atoms with Gasteiger partial charge in [0.1, 0.15) is 5.75 Å². The summed E-state index contributed by atoms with van der Waals surface area (Å²) < 4.78 is 5.29. The third-order valence-corrected chi connectivity index (χ3v) is 3.00. The second-order valence-corrected chi connectivity index (χ2v) is 4.02. The number of hydrogen-bond donors (Lipinski definition) is 0. The van der Waals surface area contributed by atoms with Gasteiger partial charge < -0.3 is 9.64 Å². The monoisotopic (exact) mass is 247 g/mol. The van der Waals surface area contributed by atoms with Gasteiger partial charge in [0, 0.05) is 18.7 Å². The van der Waals surface area contributed by atoms with E-state index in [2.05, 4.69) is 6.58 Å². The molecule has 0 radical (unpaired) electrons. The summed E-state index contributed by atoms with van der Waals surface area (Å²) in [5.41, 5.74) is 1.91. The molecule has 98 valence electrons. The number of amides is 1. The number of hydrogen-bond acceptors (Lipinski definition) is 2. The van der Waals surface area contributed by atoms with E-state index in [4.69, 9.17) is 4.74 Å². The van der Waals surface area contributed by atoms with Gasteiger partial charge in [-0.25, -0.2) is 0 Å². The highest BCUT2D eigenvalue weighted by atomic mass is 16.5. The Labute approximate surface area is 109 Å². The van der Waals surface area contributed by atoms with Crippen LogP contribution in [0.2, 0.25) is 0 Å². The second-order valence-electron chi connectivity index (χ2n) is 4.02. The molecule has 1 aromatic carbocycles. The summed E-state index contributed by atoms with van der Waals surface area (Å²) in [6.07, 6.45) is 2.14. The highest BCUT2D eigenvalue weighted by Crippen LogP contribution is 2.21. The van der Waals surface area contributed by atoms with Gasteiger partial charge in [0.05, 0.1) is 13.5 Å². The number of carbonyl (C=O) groups excluding carboxylic acids is 1. The number of rotatable bonds is 6. The number of methoxy groups -OCH3 is 1. The molecule has 0 aliphatic heterocycles. The average molecular weight is 247 g/mol. The molecule has 0 unspecified atom stereocenters. The molecule has 18 heavy (non-hydrogen) atoms. The van der Waals surface area contributed by atoms with E-state index in [9.17, 15) is 4.79 Å². The largest absolute Gasteiger partial charge is 0.496 e. The van der Waals surface area contributed by atoms with Gasteiger partial charge in [0.25, 0.3) is 0 Å². The van der Waals surface area contributed by atoms with Crippen LogP contribution in [0.5, 0.6) is 5.75 Å². The Hall–Kier alpha value is -1.77. The Morgan fingerprint density at radius 3 is 2.56 bits per heavy atom. The molecule has 3 heteroatoms. The topological polar surface area (TPSA) is 29.5 Å². The van der Waals surface area contributed by atoms with Crippen LogP contribution < -0.4 is 4.74 Å². The third-order valence-electron chi connectivity index (χ3n) is 3.00. The number of ether oxygens (including phenoxy) is 1. The maximum absolute atomic E-state index is 12.1. The molecule has 0 spiro atoms. The van der Waals surface area contributed by atoms with Crippen LogP contribution in [0.3, 0.4) is 0 Å². The highest BCUT2D eigenvalue weighted by Gasteiger charge is 2.13. The van der Waals surface area contributed by atoms with Gasteiger partial charge >= 0.3 is 0 Å². The van der Waals surface area contributed by atoms with Crippen LogP contribution in [-0.2, 0) is 11.2 Å². The second kappa shape index (κ2) is 6.84. The lowest BCUT2D eigenvalue weighted by Crippen LogP contribution is -2.31. The molecule has 0 fully saturated rings. The number of carbonyl (C=O) groups is 1. The van der Waals surface area contributed by atoms with Gasteiger partial charge in [0.15, 0.2) is 0 Å². The maximum Gasteiger partial charge on any atom is 0.227 e. The molecule has 0 saturated heterocycles. The SMILES string of the molecule is C=Cc1ccc(OC)c(CC(=O)N(CC)CC)c1. The summed E-state index contributed by atoms with van der Waals surface area (Å²) >= 11 is 0. The van der Waals surface area contributed by atoms with Crippen molar-refractivity contribution >= 4 is 12.0 Å². The predicted octanol–water partition coefficient (Wildman–Crippen LogP) is 2.75. The van der Waals surface area contributed by atoms with Crippen molar-refractivity contribution in [1.29, 1.82) is 0 Å². The van der Waals surface area contributed by atoms with E-state index < -0.39 is 0 Å². The Morgan fingerprint density at radius 2 is 2.06 bits per heavy atom. The first-order valence-corrected chi connectivity index (χ1v) is 6.23. The lowest BCUT2D eigenvalue weighted by molar-refractivity contribution is -0.130. The average Bonchev–Trinajstić information content (AvgIpc) is 2.40. The summed E-state index contributed by atoms with van der Waals surface area (Å²) in [5, 5.41) is 0. The Kier molecular flexibility index (Phi) is 5.43. The summed E-state index contributed by atoms with van der Waals surface area (Å²) in [5.74, 6) is 0.876. The molecule has 0 heterocycles. The molecule has 0 saturated carbocycles. The number of nitrogens with zero attached hydrogens (tertiary/aromatic N) is 1. The van der Waals surface area contributed by atoms with Gasteiger partial charge in [-0.05, 0) is 31.5 Å². The van der Waals surface area contributed by atoms with Gasteiger partial charge in [0.2, 0.25) is 5.91 Å². The molecule has 3 nitrogen and oxygen atoms in total. The van der Waals surface area contributed by atoms with E-state index in [0.29, 0.717) is 6.42 Å². The van der Waals surface area contributed by atoms with Gasteiger partial charge in [-0.3, -0.25) is 4.79 Å². The van der Waals surface area contributed by atoms with Gasteiger partial charge in [-0.1, -0.05) is 18.7 Å². The molecule has 0 aliphatic rings. The van der Waals surface area contributed by atoms with Crippen molar-refractivity contribution in [2.24, 2.45) is 0 Å². The standard InChI is InChI=1S/C15H21NO2/c1-5-12-8-9-14(18-4)13(10-12)11-15(17)16(6-2)7-3/h5,8-10H,1,6-7,11H2,2-4H3. The fourth-order valence-electron chi connectivity index (χ4n) is 1.91. The lowest BCUT2D eigenvalue weighted by atomic mass is 10.1. The molecule has 0 N–H and O–H groups in total. The summed E-state index contributed by atoms with van der Waals surface area (Å²) in [6.45, 7) is 9.18. The van der Waals surface area contributed by atoms with E-state index in [0.717, 1.165) is 30.0 Å². The van der Waals surface area contributed by atoms with E-state index >= 15 is 0 Å². The summed E-state index contributed by atoms with van der Waals surface area (Å²) in [7, 11) is 1.62. The minimum Gasteiger partial charge on any atom is -0.496 e. The van der Waals surface area contributed by atoms with Crippen molar-refractivity contribution in [2.75, 3.05) is 20.2 Å². The van der Waals surface area contributed by atoms with E-state index in [1.165, 1.54) is 0 Å². The van der Waals surface area contributed by atoms with Gasteiger partial charge in [-0.15, -0.1) is 0 Å². The predicted molar refractivity (Wildman–Crippen MR) is 74.7 cm³/mol. The zero-order valence-corrected chi connectivity index (χ0v) is 11.4. The Morgan fingerprint density at radius 1 is 1.39 bits per heavy atom. The Balaban J connectivity index is 2.94. The quantitative estimate of drug-likeness (QED) is 0.773. The zero-order valence-electron chi connectivity index (χ0n) is 11.4. The van der Waals surface area contributed by atoms with E-state index in [-0.39, 0.29) is 5.91 Å². The molecule has 0 atom stereocenters. The summed E-state index contributed by atoms with van der Waals surface area (Å²) in [6, 6.07) is 5.76. The fourth-order valence-corrected chi connectivity index (χ4v) is 1.91. The molecule has 1 rings (SSSR count). The van der Waals surface area contributed by atoms with Crippen molar-refractivity contribution in [3.05, 3.63) is 35.9 Å². The van der Waals surface area contributed by atoms with E-state index in [1.54, 1.807) is 13.2 Å². The van der Waals surface area contributed by atoms with Gasteiger partial charge in [-0.2, -0.15) is 0 Å². The van der Waals surface area contributed by atoms with Crippen molar-refractivity contribution in [1.82, 2.24) is 4.90 Å². The minimum atomic E-state index is 0.125. The first-order chi connectivity index (χ1) is 8.65. The molecule has 1 aromatic rings. The third kappa shape index (κ3) is 3.36. The molecule has 0 aromatic heterocycles. The number of likely N-dealkylation sites (N-methyl/N-ethyl adjacent to an activating group) is 1. The fraction of sp³-hybridized carbons (Fsp3) is 0.400. The lowest BCUT2D eigenvalue weighted by Gasteiger charge is -2.19. The van der Waals surface area contributed by atoms with Crippen LogP contribution in [0.1, 0.15) is 25.0 Å². The minimum absolute atomic E-state index is 0.125. The van der Waals surface area contributed by atoms with Crippen LogP contribution in [-0.4, -0.2) is 31.0 Å². The van der Waals surface area contributed by atoms with E-state index in [1.807, 2.05) is 36.9 Å². The highest BCUT2D eigenvalue weighted by molar-refractivity contribution is 5.79. The van der Waals surface area contributed by atoms with Crippen LogP contribution in [0.25, 0.3) is 6.08 Å². The summed E-state index contributed by atoms with van der Waals surface area (Å²) in [4.78, 5) is 13.9. The van der Waals surface area contributed by atoms with Crippen molar-refractivity contribution in [3.8, 4) is 5.75 Å². The van der Waals surface area contributed by atoms with Crippen LogP contribution >= 0.6 is 0 Å².